The Bertz CT molecular complexity index is 1510. The van der Waals surface area contributed by atoms with Crippen molar-refractivity contribution in [1.29, 1.82) is 0 Å². The fraction of sp³-hybridized carbons (Fsp3) is 0.0800. The van der Waals surface area contributed by atoms with Crippen LogP contribution >= 0.6 is 0 Å². The van der Waals surface area contributed by atoms with Crippen molar-refractivity contribution in [3.63, 3.8) is 0 Å². The topological polar surface area (TPSA) is 158 Å². The molecular formula is C25H21N5O6. The van der Waals surface area contributed by atoms with Crippen LogP contribution in [-0.4, -0.2) is 31.9 Å². The van der Waals surface area contributed by atoms with Gasteiger partial charge in [0, 0.05) is 12.5 Å². The maximum absolute atomic E-state index is 13.2. The number of hydrogen-bond acceptors (Lipinski definition) is 8. The van der Waals surface area contributed by atoms with Crippen LogP contribution < -0.4 is 15.6 Å². The van der Waals surface area contributed by atoms with Crippen LogP contribution in [0.4, 0.5) is 17.2 Å². The summed E-state index contributed by atoms with van der Waals surface area (Å²) in [6.07, 6.45) is -0.287. The molecule has 0 spiro atoms. The zero-order chi connectivity index (χ0) is 25.7. The van der Waals surface area contributed by atoms with Crippen molar-refractivity contribution >= 4 is 29.1 Å². The van der Waals surface area contributed by atoms with E-state index in [9.17, 15) is 24.6 Å². The van der Waals surface area contributed by atoms with Gasteiger partial charge in [-0.25, -0.2) is 4.68 Å². The first-order valence-corrected chi connectivity index (χ1v) is 10.7. The predicted molar refractivity (Wildman–Crippen MR) is 130 cm³/mol. The van der Waals surface area contributed by atoms with Crippen LogP contribution in [0.5, 0.6) is 17.2 Å². The molecule has 0 bridgehead atoms. The molecule has 4 aromatic rings. The molecule has 0 aliphatic heterocycles. The number of aromatic hydroxyl groups is 2. The second kappa shape index (κ2) is 10.4. The van der Waals surface area contributed by atoms with Crippen LogP contribution in [0.1, 0.15) is 12.5 Å². The molecule has 0 radical (unpaired) electrons. The van der Waals surface area contributed by atoms with Crippen LogP contribution in [0.2, 0.25) is 0 Å². The number of nitrogens with one attached hydrogen (secondary N) is 2. The zero-order valence-corrected chi connectivity index (χ0v) is 19.0. The zero-order valence-electron chi connectivity index (χ0n) is 19.0. The van der Waals surface area contributed by atoms with Gasteiger partial charge in [-0.05, 0) is 42.5 Å². The molecule has 0 saturated carbocycles. The molecule has 4 N–H and O–H groups in total. The third kappa shape index (κ3) is 5.47. The number of carbonyl (C=O) groups is 2. The molecule has 0 atom stereocenters. The summed E-state index contributed by atoms with van der Waals surface area (Å²) in [6, 6.07) is 18.8. The lowest BCUT2D eigenvalue weighted by Gasteiger charge is -2.07. The van der Waals surface area contributed by atoms with E-state index in [0.717, 1.165) is 0 Å². The number of amides is 1. The number of carbonyl (C=O) groups excluding carboxylic acids is 2. The molecule has 36 heavy (non-hydrogen) atoms. The Balaban J connectivity index is 1.70. The number of ether oxygens (including phenoxy) is 1. The Kier molecular flexibility index (Phi) is 6.91. The highest BCUT2D eigenvalue weighted by molar-refractivity contribution is 5.94. The van der Waals surface area contributed by atoms with E-state index >= 15 is 0 Å². The highest BCUT2D eigenvalue weighted by Gasteiger charge is 2.19. The number of aromatic nitrogens is 2. The van der Waals surface area contributed by atoms with E-state index in [0.29, 0.717) is 5.69 Å². The average Bonchev–Trinajstić information content (AvgIpc) is 3.15. The Morgan fingerprint density at radius 2 is 1.72 bits per heavy atom. The molecule has 11 nitrogen and oxygen atoms in total. The molecule has 0 aliphatic carbocycles. The molecule has 0 unspecified atom stereocenters. The number of H-pyrrole nitrogens is 1. The maximum Gasteiger partial charge on any atom is 0.308 e. The van der Waals surface area contributed by atoms with Gasteiger partial charge in [0.05, 0.1) is 12.1 Å². The molecular weight excluding hydrogens is 466 g/mol. The predicted octanol–water partition coefficient (Wildman–Crippen LogP) is 4.10. The lowest BCUT2D eigenvalue weighted by molar-refractivity contribution is -0.131. The fourth-order valence-corrected chi connectivity index (χ4v) is 3.32. The minimum Gasteiger partial charge on any atom is -0.508 e. The molecule has 1 amide bonds. The molecule has 4 rings (SSSR count). The van der Waals surface area contributed by atoms with Gasteiger partial charge in [0.2, 0.25) is 5.91 Å². The summed E-state index contributed by atoms with van der Waals surface area (Å²) in [5.41, 5.74) is 0.0816. The van der Waals surface area contributed by atoms with Crippen LogP contribution in [-0.2, 0) is 16.0 Å². The molecule has 182 valence electrons. The smallest absolute Gasteiger partial charge is 0.308 e. The summed E-state index contributed by atoms with van der Waals surface area (Å²) in [5.74, 6) is -1.30. The molecule has 0 fully saturated rings. The lowest BCUT2D eigenvalue weighted by atomic mass is 10.1. The van der Waals surface area contributed by atoms with E-state index in [1.54, 1.807) is 48.5 Å². The first-order valence-electron chi connectivity index (χ1n) is 10.7. The lowest BCUT2D eigenvalue weighted by Crippen LogP contribution is -2.15. The minimum absolute atomic E-state index is 0.0396. The normalized spacial score (nSPS) is 10.9. The Hall–Kier alpha value is -5.19. The number of azo groups is 1. The quantitative estimate of drug-likeness (QED) is 0.133. The number of para-hydroxylation sites is 2. The number of benzene rings is 3. The van der Waals surface area contributed by atoms with Gasteiger partial charge in [0.1, 0.15) is 17.2 Å². The molecule has 11 heteroatoms. The van der Waals surface area contributed by atoms with Crippen LogP contribution in [0.15, 0.2) is 87.8 Å². The summed E-state index contributed by atoms with van der Waals surface area (Å²) in [5, 5.41) is 33.1. The third-order valence-electron chi connectivity index (χ3n) is 4.94. The Morgan fingerprint density at radius 1 is 1.00 bits per heavy atom. The summed E-state index contributed by atoms with van der Waals surface area (Å²) in [7, 11) is 0. The summed E-state index contributed by atoms with van der Waals surface area (Å²) in [6.45, 7) is 1.25. The van der Waals surface area contributed by atoms with Gasteiger partial charge >= 0.3 is 11.5 Å². The summed E-state index contributed by atoms with van der Waals surface area (Å²) >= 11 is 0. The van der Waals surface area contributed by atoms with Gasteiger partial charge in [0.25, 0.3) is 0 Å². The monoisotopic (exact) mass is 487 g/mol. The Labute approximate surface area is 204 Å². The van der Waals surface area contributed by atoms with E-state index in [4.69, 9.17) is 4.74 Å². The maximum atomic E-state index is 13.2. The van der Waals surface area contributed by atoms with Gasteiger partial charge in [-0.15, -0.1) is 10.2 Å². The summed E-state index contributed by atoms with van der Waals surface area (Å²) in [4.78, 5) is 37.3. The van der Waals surface area contributed by atoms with E-state index in [-0.39, 0.29) is 46.4 Å². The van der Waals surface area contributed by atoms with Gasteiger partial charge in [0.15, 0.2) is 17.3 Å². The van der Waals surface area contributed by atoms with Crippen molar-refractivity contribution in [2.24, 2.45) is 10.2 Å². The molecule has 1 aromatic heterocycles. The molecule has 3 aromatic carbocycles. The van der Waals surface area contributed by atoms with Crippen molar-refractivity contribution in [3.8, 4) is 22.9 Å². The minimum atomic E-state index is -0.592. The number of aromatic amines is 1. The second-order valence-corrected chi connectivity index (χ2v) is 7.61. The van der Waals surface area contributed by atoms with Gasteiger partial charge < -0.3 is 20.3 Å². The van der Waals surface area contributed by atoms with E-state index in [1.165, 1.54) is 35.9 Å². The fourth-order valence-electron chi connectivity index (χ4n) is 3.32. The Morgan fingerprint density at radius 3 is 2.47 bits per heavy atom. The highest BCUT2D eigenvalue weighted by Crippen LogP contribution is 2.30. The van der Waals surface area contributed by atoms with Gasteiger partial charge in [-0.3, -0.25) is 19.5 Å². The number of anilines is 1. The van der Waals surface area contributed by atoms with E-state index in [2.05, 4.69) is 20.6 Å². The van der Waals surface area contributed by atoms with Gasteiger partial charge in [-0.1, -0.05) is 30.3 Å². The molecule has 0 saturated heterocycles. The van der Waals surface area contributed by atoms with Crippen molar-refractivity contribution in [2.75, 3.05) is 5.32 Å². The highest BCUT2D eigenvalue weighted by atomic mass is 16.5. The van der Waals surface area contributed by atoms with E-state index < -0.39 is 17.4 Å². The molecule has 1 heterocycles. The number of esters is 1. The number of phenolic OH excluding ortho intramolecular Hbond substituents is 2. The van der Waals surface area contributed by atoms with Crippen LogP contribution in [0.25, 0.3) is 5.69 Å². The second-order valence-electron chi connectivity index (χ2n) is 7.61. The largest absolute Gasteiger partial charge is 0.508 e. The average molecular weight is 487 g/mol. The standard InChI is InChI=1S/C25H21N5O6/c1-15(31)36-21-10-6-5-9-19(21)27-28-23-24(29-30(25(23)35)17-7-3-2-4-8-17)26-22(34)14-16-13-18(32)11-12-20(16)33/h2-13,29,32-33H,14H2,1H3,(H,26,34). The number of phenols is 2. The van der Waals surface area contributed by atoms with Crippen molar-refractivity contribution in [3.05, 3.63) is 88.7 Å². The van der Waals surface area contributed by atoms with Crippen molar-refractivity contribution in [1.82, 2.24) is 9.78 Å². The molecule has 0 aliphatic rings. The van der Waals surface area contributed by atoms with Gasteiger partial charge in [-0.2, -0.15) is 0 Å². The SMILES string of the molecule is CC(=O)Oc1ccccc1N=Nc1c(NC(=O)Cc2cc(O)ccc2O)[nH]n(-c2ccccc2)c1=O. The first-order chi connectivity index (χ1) is 17.3. The van der Waals surface area contributed by atoms with Crippen molar-refractivity contribution < 1.29 is 24.5 Å². The van der Waals surface area contributed by atoms with Crippen LogP contribution in [0.3, 0.4) is 0 Å². The summed E-state index contributed by atoms with van der Waals surface area (Å²) < 4.78 is 6.31. The van der Waals surface area contributed by atoms with E-state index in [1.807, 2.05) is 0 Å². The van der Waals surface area contributed by atoms with Crippen molar-refractivity contribution in [2.45, 2.75) is 13.3 Å². The van der Waals surface area contributed by atoms with Crippen LogP contribution in [0, 0.1) is 0 Å². The first kappa shape index (κ1) is 24.0. The number of nitrogens with zero attached hydrogens (tertiary/aromatic N) is 3. The number of rotatable bonds is 7. The number of hydrogen-bond donors (Lipinski definition) is 4. The third-order valence-corrected chi connectivity index (χ3v) is 4.94.